The summed E-state index contributed by atoms with van der Waals surface area (Å²) < 4.78 is 27.6. The summed E-state index contributed by atoms with van der Waals surface area (Å²) >= 11 is 1.17. The average Bonchev–Trinajstić information content (AvgIpc) is 2.78. The fourth-order valence-electron chi connectivity index (χ4n) is 3.69. The van der Waals surface area contributed by atoms with Crippen LogP contribution in [0.2, 0.25) is 0 Å². The molecule has 1 N–H and O–H groups in total. The van der Waals surface area contributed by atoms with Crippen LogP contribution in [-0.2, 0) is 4.79 Å². The van der Waals surface area contributed by atoms with E-state index in [1.807, 2.05) is 0 Å². The van der Waals surface area contributed by atoms with Gasteiger partial charge in [-0.25, -0.2) is 13.8 Å². The second-order valence-corrected chi connectivity index (χ2v) is 8.45. The molecule has 0 unspecified atom stereocenters. The first-order chi connectivity index (χ1) is 15.1. The maximum Gasteiger partial charge on any atom is 0.230 e. The monoisotopic (exact) mass is 440 g/mol. The fourth-order valence-corrected chi connectivity index (χ4v) is 4.28. The zero-order chi connectivity index (χ0) is 21.6. The van der Waals surface area contributed by atoms with Crippen LogP contribution in [0.4, 0.5) is 8.78 Å². The van der Waals surface area contributed by atoms with Crippen molar-refractivity contribution in [3.8, 4) is 22.5 Å². The van der Waals surface area contributed by atoms with Crippen molar-refractivity contribution in [1.82, 2.24) is 20.5 Å². The molecule has 1 aliphatic rings. The largest absolute Gasteiger partial charge is 0.353 e. The third-order valence-corrected chi connectivity index (χ3v) is 6.00. The average molecular weight is 441 g/mol. The Morgan fingerprint density at radius 1 is 0.935 bits per heavy atom. The number of thioether (sulfide) groups is 1. The van der Waals surface area contributed by atoms with Crippen LogP contribution < -0.4 is 5.32 Å². The molecule has 8 heteroatoms. The Morgan fingerprint density at radius 3 is 2.23 bits per heavy atom. The Bertz CT molecular complexity index is 1070. The molecule has 0 atom stereocenters. The summed E-state index contributed by atoms with van der Waals surface area (Å²) in [4.78, 5) is 16.8. The normalized spacial score (nSPS) is 14.4. The molecule has 5 nitrogen and oxygen atoms in total. The third-order valence-electron chi connectivity index (χ3n) is 5.17. The second-order valence-electron chi connectivity index (χ2n) is 7.50. The van der Waals surface area contributed by atoms with Gasteiger partial charge in [0.05, 0.1) is 5.75 Å². The standard InChI is InChI=1S/C23H22F2N4OS/c24-17-8-4-6-15(12-17)21-22(16-7-5-9-18(25)13-16)28-29-23(27-21)31-14-20(30)26-19-10-2-1-3-11-19/h4-9,12-13,19H,1-3,10-11,14H2,(H,26,30). The maximum absolute atomic E-state index is 13.8. The van der Waals surface area contributed by atoms with Crippen molar-refractivity contribution in [2.24, 2.45) is 0 Å². The summed E-state index contributed by atoms with van der Waals surface area (Å²) in [5, 5.41) is 11.7. The van der Waals surface area contributed by atoms with Crippen molar-refractivity contribution < 1.29 is 13.6 Å². The summed E-state index contributed by atoms with van der Waals surface area (Å²) in [6.07, 6.45) is 5.54. The van der Waals surface area contributed by atoms with Crippen LogP contribution in [0.5, 0.6) is 0 Å². The predicted molar refractivity (Wildman–Crippen MR) is 116 cm³/mol. The Labute approximate surface area is 183 Å². The van der Waals surface area contributed by atoms with Crippen molar-refractivity contribution in [2.75, 3.05) is 5.75 Å². The van der Waals surface area contributed by atoms with Gasteiger partial charge in [-0.1, -0.05) is 55.3 Å². The molecular formula is C23H22F2N4OS. The third kappa shape index (κ3) is 5.64. The molecule has 4 rings (SSSR count). The number of aromatic nitrogens is 3. The van der Waals surface area contributed by atoms with Gasteiger partial charge in [0.15, 0.2) is 0 Å². The van der Waals surface area contributed by atoms with Gasteiger partial charge in [-0.05, 0) is 37.1 Å². The van der Waals surface area contributed by atoms with Crippen LogP contribution in [0.3, 0.4) is 0 Å². The molecule has 0 bridgehead atoms. The molecule has 1 aliphatic carbocycles. The number of rotatable bonds is 6. The number of nitrogens with zero attached hydrogens (tertiary/aromatic N) is 3. The molecule has 2 aromatic carbocycles. The number of amides is 1. The zero-order valence-electron chi connectivity index (χ0n) is 16.9. The first kappa shape index (κ1) is 21.4. The zero-order valence-corrected chi connectivity index (χ0v) is 17.7. The molecule has 1 amide bonds. The molecule has 1 saturated carbocycles. The van der Waals surface area contributed by atoms with Crippen LogP contribution in [0, 0.1) is 11.6 Å². The van der Waals surface area contributed by atoms with E-state index in [1.165, 1.54) is 42.4 Å². The molecule has 0 aliphatic heterocycles. The number of hydrogen-bond donors (Lipinski definition) is 1. The van der Waals surface area contributed by atoms with Crippen LogP contribution in [0.25, 0.3) is 22.5 Å². The van der Waals surface area contributed by atoms with Gasteiger partial charge in [0.1, 0.15) is 23.0 Å². The number of hydrogen-bond acceptors (Lipinski definition) is 5. The lowest BCUT2D eigenvalue weighted by molar-refractivity contribution is -0.119. The maximum atomic E-state index is 13.8. The molecule has 1 heterocycles. The highest BCUT2D eigenvalue weighted by Gasteiger charge is 2.18. The summed E-state index contributed by atoms with van der Waals surface area (Å²) in [7, 11) is 0. The van der Waals surface area contributed by atoms with Crippen molar-refractivity contribution in [1.29, 1.82) is 0 Å². The van der Waals surface area contributed by atoms with Crippen LogP contribution in [0.15, 0.2) is 53.7 Å². The molecule has 1 fully saturated rings. The number of halogens is 2. The summed E-state index contributed by atoms with van der Waals surface area (Å²) in [5.41, 5.74) is 1.73. The van der Waals surface area contributed by atoms with Gasteiger partial charge in [-0.15, -0.1) is 10.2 Å². The van der Waals surface area contributed by atoms with Crippen molar-refractivity contribution in [3.63, 3.8) is 0 Å². The molecular weight excluding hydrogens is 418 g/mol. The highest BCUT2D eigenvalue weighted by molar-refractivity contribution is 7.99. The molecule has 160 valence electrons. The molecule has 0 radical (unpaired) electrons. The minimum absolute atomic E-state index is 0.0676. The number of carbonyl (C=O) groups excluding carboxylic acids is 1. The quantitative estimate of drug-likeness (QED) is 0.545. The lowest BCUT2D eigenvalue weighted by Gasteiger charge is -2.22. The van der Waals surface area contributed by atoms with Gasteiger partial charge >= 0.3 is 0 Å². The van der Waals surface area contributed by atoms with E-state index in [0.717, 1.165) is 25.7 Å². The molecule has 3 aromatic rings. The summed E-state index contributed by atoms with van der Waals surface area (Å²) in [6, 6.07) is 12.1. The molecule has 1 aromatic heterocycles. The van der Waals surface area contributed by atoms with Crippen molar-refractivity contribution in [2.45, 2.75) is 43.3 Å². The topological polar surface area (TPSA) is 67.8 Å². The van der Waals surface area contributed by atoms with Gasteiger partial charge in [0.25, 0.3) is 0 Å². The molecule has 31 heavy (non-hydrogen) atoms. The highest BCUT2D eigenvalue weighted by Crippen LogP contribution is 2.30. The highest BCUT2D eigenvalue weighted by atomic mass is 32.2. The first-order valence-corrected chi connectivity index (χ1v) is 11.3. The first-order valence-electron chi connectivity index (χ1n) is 10.3. The van der Waals surface area contributed by atoms with Crippen LogP contribution >= 0.6 is 11.8 Å². The molecule has 0 spiro atoms. The lowest BCUT2D eigenvalue weighted by Crippen LogP contribution is -2.37. The minimum Gasteiger partial charge on any atom is -0.353 e. The Hall–Kier alpha value is -2.87. The Kier molecular flexibility index (Phi) is 6.86. The summed E-state index contributed by atoms with van der Waals surface area (Å²) in [5.74, 6) is -0.730. The number of nitrogens with one attached hydrogen (secondary N) is 1. The number of benzene rings is 2. The van der Waals surface area contributed by atoms with Gasteiger partial charge < -0.3 is 5.32 Å². The van der Waals surface area contributed by atoms with Gasteiger partial charge in [-0.3, -0.25) is 4.79 Å². The second kappa shape index (κ2) is 9.96. The summed E-state index contributed by atoms with van der Waals surface area (Å²) in [6.45, 7) is 0. The van der Waals surface area contributed by atoms with E-state index >= 15 is 0 Å². The van der Waals surface area contributed by atoms with Gasteiger partial charge in [-0.2, -0.15) is 0 Å². The fraction of sp³-hybridized carbons (Fsp3) is 0.304. The Morgan fingerprint density at radius 2 is 1.58 bits per heavy atom. The van der Waals surface area contributed by atoms with Crippen LogP contribution in [-0.4, -0.2) is 32.9 Å². The minimum atomic E-state index is -0.415. The van der Waals surface area contributed by atoms with E-state index in [1.54, 1.807) is 24.3 Å². The smallest absolute Gasteiger partial charge is 0.230 e. The van der Waals surface area contributed by atoms with E-state index in [0.29, 0.717) is 27.7 Å². The van der Waals surface area contributed by atoms with Gasteiger partial charge in [0, 0.05) is 17.2 Å². The predicted octanol–water partition coefficient (Wildman–Crippen LogP) is 5.02. The van der Waals surface area contributed by atoms with E-state index < -0.39 is 11.6 Å². The van der Waals surface area contributed by atoms with E-state index in [9.17, 15) is 13.6 Å². The SMILES string of the molecule is O=C(CSc1nnc(-c2cccc(F)c2)c(-c2cccc(F)c2)n1)NC1CCCCC1. The lowest BCUT2D eigenvalue weighted by atomic mass is 9.95. The van der Waals surface area contributed by atoms with Crippen molar-refractivity contribution in [3.05, 3.63) is 60.2 Å². The number of carbonyl (C=O) groups is 1. The van der Waals surface area contributed by atoms with Crippen molar-refractivity contribution >= 4 is 17.7 Å². The van der Waals surface area contributed by atoms with E-state index in [2.05, 4.69) is 20.5 Å². The van der Waals surface area contributed by atoms with Crippen LogP contribution in [0.1, 0.15) is 32.1 Å². The van der Waals surface area contributed by atoms with E-state index in [4.69, 9.17) is 0 Å². The van der Waals surface area contributed by atoms with E-state index in [-0.39, 0.29) is 17.7 Å². The van der Waals surface area contributed by atoms with Gasteiger partial charge in [0.2, 0.25) is 11.1 Å². The molecule has 0 saturated heterocycles. The Balaban J connectivity index is 1.57.